The lowest BCUT2D eigenvalue weighted by Crippen LogP contribution is -2.46. The molecule has 3 nitrogen and oxygen atoms in total. The molecule has 1 atom stereocenters. The second kappa shape index (κ2) is 5.20. The highest BCUT2D eigenvalue weighted by Gasteiger charge is 2.58. The molecule has 0 spiro atoms. The van der Waals surface area contributed by atoms with Crippen molar-refractivity contribution >= 4 is 29.2 Å². The monoisotopic (exact) mass is 296 g/mol. The Morgan fingerprint density at radius 3 is 2.00 bits per heavy atom. The smallest absolute Gasteiger partial charge is 0.424 e. The van der Waals surface area contributed by atoms with Crippen molar-refractivity contribution in [2.24, 2.45) is 5.41 Å². The second-order valence-electron chi connectivity index (χ2n) is 4.58. The molecule has 0 radical (unpaired) electrons. The van der Waals surface area contributed by atoms with E-state index in [2.05, 4.69) is 0 Å². The van der Waals surface area contributed by atoms with E-state index in [9.17, 15) is 23.1 Å². The number of carbonyl (C=O) groups is 1. The van der Waals surface area contributed by atoms with Gasteiger partial charge in [0.05, 0.1) is 12.5 Å². The molecule has 0 aromatic heterocycles. The van der Waals surface area contributed by atoms with Gasteiger partial charge < -0.3 is 10.2 Å². The zero-order valence-electron chi connectivity index (χ0n) is 9.18. The number of halogens is 5. The summed E-state index contributed by atoms with van der Waals surface area (Å²) in [5.41, 5.74) is -1.05. The molecule has 0 rings (SSSR count). The molecule has 0 saturated carbocycles. The first-order valence-electron chi connectivity index (χ1n) is 4.64. The van der Waals surface area contributed by atoms with Crippen molar-refractivity contribution in [3.63, 3.8) is 0 Å². The minimum Gasteiger partial charge on any atom is -0.481 e. The first-order valence-corrected chi connectivity index (χ1v) is 5.39. The third kappa shape index (κ3) is 4.89. The highest BCUT2D eigenvalue weighted by Crippen LogP contribution is 2.45. The highest BCUT2D eigenvalue weighted by molar-refractivity contribution is 6.49. The molecule has 102 valence electrons. The van der Waals surface area contributed by atoms with E-state index in [-0.39, 0.29) is 0 Å². The van der Waals surface area contributed by atoms with Crippen LogP contribution < -0.4 is 0 Å². The molecule has 0 aliphatic carbocycles. The number of aliphatic carboxylic acids is 1. The number of hydrogen-bond acceptors (Lipinski definition) is 2. The van der Waals surface area contributed by atoms with Crippen LogP contribution in [0.4, 0.5) is 13.2 Å². The van der Waals surface area contributed by atoms with E-state index in [0.29, 0.717) is 0 Å². The topological polar surface area (TPSA) is 57.5 Å². The van der Waals surface area contributed by atoms with Crippen LogP contribution in [0.3, 0.4) is 0 Å². The summed E-state index contributed by atoms with van der Waals surface area (Å²) in [6.07, 6.45) is -7.97. The van der Waals surface area contributed by atoms with Crippen LogP contribution in [0, 0.1) is 5.41 Å². The van der Waals surface area contributed by atoms with Gasteiger partial charge in [0.2, 0.25) is 4.33 Å². The number of carboxylic acids is 1. The first kappa shape index (κ1) is 16.8. The number of hydrogen-bond donors (Lipinski definition) is 2. The zero-order chi connectivity index (χ0) is 14.1. The van der Waals surface area contributed by atoms with E-state index in [1.807, 2.05) is 0 Å². The van der Waals surface area contributed by atoms with Crippen LogP contribution in [0.15, 0.2) is 0 Å². The number of aliphatic hydroxyl groups excluding tert-OH is 1. The molecule has 0 fully saturated rings. The maximum Gasteiger partial charge on any atom is 0.424 e. The van der Waals surface area contributed by atoms with Crippen molar-refractivity contribution in [3.05, 3.63) is 0 Å². The lowest BCUT2D eigenvalue weighted by Gasteiger charge is -2.33. The van der Waals surface area contributed by atoms with Gasteiger partial charge in [0.25, 0.3) is 0 Å². The summed E-state index contributed by atoms with van der Waals surface area (Å²) in [5.74, 6) is -1.18. The Morgan fingerprint density at radius 2 is 1.71 bits per heavy atom. The summed E-state index contributed by atoms with van der Waals surface area (Å²) >= 11 is 10.1. The van der Waals surface area contributed by atoms with Crippen molar-refractivity contribution in [1.29, 1.82) is 0 Å². The number of aliphatic hydroxyl groups is 1. The molecule has 0 aromatic rings. The Balaban J connectivity index is 4.75. The van der Waals surface area contributed by atoms with E-state index in [1.54, 1.807) is 0 Å². The minimum absolute atomic E-state index is 0.397. The van der Waals surface area contributed by atoms with Gasteiger partial charge in [-0.3, -0.25) is 4.79 Å². The Morgan fingerprint density at radius 1 is 1.29 bits per heavy atom. The summed E-state index contributed by atoms with van der Waals surface area (Å²) in [6.45, 7) is 2.81. The van der Waals surface area contributed by atoms with Crippen molar-refractivity contribution < 1.29 is 28.2 Å². The van der Waals surface area contributed by atoms with Gasteiger partial charge in [0.1, 0.15) is 0 Å². The van der Waals surface area contributed by atoms with Gasteiger partial charge in [-0.25, -0.2) is 0 Å². The van der Waals surface area contributed by atoms with Gasteiger partial charge in [-0.1, -0.05) is 37.0 Å². The predicted octanol–water partition coefficient (Wildman–Crippen LogP) is 2.97. The fraction of sp³-hybridized carbons (Fsp3) is 0.889. The average Bonchev–Trinajstić information content (AvgIpc) is 1.97. The Kier molecular flexibility index (Phi) is 5.14. The van der Waals surface area contributed by atoms with Crippen LogP contribution in [0.2, 0.25) is 0 Å². The summed E-state index contributed by atoms with van der Waals surface area (Å²) in [5, 5.41) is 17.9. The second-order valence-corrected chi connectivity index (χ2v) is 5.96. The van der Waals surface area contributed by atoms with Gasteiger partial charge >= 0.3 is 12.1 Å². The lowest BCUT2D eigenvalue weighted by molar-refractivity contribution is -0.165. The van der Waals surface area contributed by atoms with Gasteiger partial charge in [0, 0.05) is 0 Å². The molecule has 0 amide bonds. The van der Waals surface area contributed by atoms with Crippen LogP contribution in [-0.2, 0) is 4.79 Å². The molecular weight excluding hydrogens is 284 g/mol. The quantitative estimate of drug-likeness (QED) is 0.767. The van der Waals surface area contributed by atoms with E-state index in [0.717, 1.165) is 0 Å². The van der Waals surface area contributed by atoms with E-state index < -0.39 is 40.8 Å². The third-order valence-corrected chi connectivity index (χ3v) is 3.10. The standard InChI is InChI=1S/C9H13Cl2F3O3/c1-7(2,4-6(16)17)3-5(15)8(10,11)9(12,13)14/h5,15H,3-4H2,1-2H3,(H,16,17). The highest BCUT2D eigenvalue weighted by atomic mass is 35.5. The maximum absolute atomic E-state index is 12.4. The summed E-state index contributed by atoms with van der Waals surface area (Å²) in [7, 11) is 0. The van der Waals surface area contributed by atoms with Gasteiger partial charge in [-0.15, -0.1) is 0 Å². The van der Waals surface area contributed by atoms with Crippen LogP contribution in [0.5, 0.6) is 0 Å². The maximum atomic E-state index is 12.4. The molecule has 8 heteroatoms. The van der Waals surface area contributed by atoms with Crippen molar-refractivity contribution in [2.45, 2.75) is 43.3 Å². The van der Waals surface area contributed by atoms with E-state index in [4.69, 9.17) is 28.3 Å². The van der Waals surface area contributed by atoms with Crippen LogP contribution in [0.25, 0.3) is 0 Å². The molecule has 0 bridgehead atoms. The van der Waals surface area contributed by atoms with Crippen LogP contribution in [-0.4, -0.2) is 32.8 Å². The molecule has 0 saturated heterocycles. The molecule has 0 aliphatic rings. The minimum atomic E-state index is -4.99. The largest absolute Gasteiger partial charge is 0.481 e. The lowest BCUT2D eigenvalue weighted by atomic mass is 9.82. The molecular formula is C9H13Cl2F3O3. The Bertz CT molecular complexity index is 290. The van der Waals surface area contributed by atoms with Gasteiger partial charge in [0.15, 0.2) is 0 Å². The third-order valence-electron chi connectivity index (χ3n) is 2.17. The first-order chi connectivity index (χ1) is 7.29. The summed E-state index contributed by atoms with van der Waals surface area (Å²) < 4.78 is 33.8. The molecule has 0 aliphatic heterocycles. The van der Waals surface area contributed by atoms with Crippen molar-refractivity contribution in [1.82, 2.24) is 0 Å². The van der Waals surface area contributed by atoms with E-state index in [1.165, 1.54) is 13.8 Å². The van der Waals surface area contributed by atoms with Crippen LogP contribution in [0.1, 0.15) is 26.7 Å². The molecule has 0 aromatic carbocycles. The molecule has 17 heavy (non-hydrogen) atoms. The van der Waals surface area contributed by atoms with Gasteiger partial charge in [-0.05, 0) is 11.8 Å². The zero-order valence-corrected chi connectivity index (χ0v) is 10.7. The van der Waals surface area contributed by atoms with Crippen molar-refractivity contribution in [3.8, 4) is 0 Å². The Hall–Kier alpha value is -0.200. The molecule has 0 heterocycles. The van der Waals surface area contributed by atoms with Crippen molar-refractivity contribution in [2.75, 3.05) is 0 Å². The number of rotatable bonds is 5. The average molecular weight is 297 g/mol. The summed E-state index contributed by atoms with van der Waals surface area (Å²) in [4.78, 5) is 10.5. The summed E-state index contributed by atoms with van der Waals surface area (Å²) in [6, 6.07) is 0. The number of alkyl halides is 5. The SMILES string of the molecule is CC(C)(CC(=O)O)CC(O)C(Cl)(Cl)C(F)(F)F. The normalized spacial score (nSPS) is 15.8. The molecule has 1 unspecified atom stereocenters. The predicted molar refractivity (Wildman–Crippen MR) is 57.1 cm³/mol. The molecule has 2 N–H and O–H groups in total. The fourth-order valence-corrected chi connectivity index (χ4v) is 1.48. The Labute approximate surface area is 107 Å². The number of carboxylic acid groups (broad SMARTS) is 1. The fourth-order valence-electron chi connectivity index (χ4n) is 1.32. The van der Waals surface area contributed by atoms with Crippen LogP contribution >= 0.6 is 23.2 Å². The van der Waals surface area contributed by atoms with Gasteiger partial charge in [-0.2, -0.15) is 13.2 Å². The van der Waals surface area contributed by atoms with E-state index >= 15 is 0 Å².